The molecule has 0 saturated heterocycles. The normalized spacial score (nSPS) is 11.8. The summed E-state index contributed by atoms with van der Waals surface area (Å²) in [7, 11) is 0. The number of unbranched alkanes of at least 4 members (excludes halogenated alkanes) is 18. The fourth-order valence-corrected chi connectivity index (χ4v) is 5.43. The number of aliphatic carboxylic acids is 3. The fraction of sp³-hybridized carbons (Fsp3) is 0.848. The van der Waals surface area contributed by atoms with Gasteiger partial charge >= 0.3 is 11.9 Å². The molecular formula is C33H61NO6. The van der Waals surface area contributed by atoms with Crippen molar-refractivity contribution in [3.63, 3.8) is 0 Å². The number of carbonyl (C=O) groups excluding carboxylic acids is 1. The smallest absolute Gasteiger partial charge is 0.309 e. The standard InChI is InChI=1S/C33H61NO6/c1-2-3-4-5-6-7-8-9-10-11-12-13-14-15-16-17-18-19-20-21-22-23-27-34(28-24-31(35)36,29-25-32(37)38)30-26-33(39)40/h4-5H,2-3,6-30H2,1H3,(H2-,35,36,37,38,39,40)/b5-4+. The summed E-state index contributed by atoms with van der Waals surface area (Å²) in [5.74, 6) is -3.07. The Balaban J connectivity index is 3.80. The number of quaternary nitrogens is 1. The summed E-state index contributed by atoms with van der Waals surface area (Å²) in [4.78, 5) is 33.3. The zero-order valence-corrected chi connectivity index (χ0v) is 25.7. The molecule has 40 heavy (non-hydrogen) atoms. The van der Waals surface area contributed by atoms with E-state index >= 15 is 0 Å². The molecule has 0 aliphatic heterocycles. The first kappa shape index (κ1) is 38.1. The van der Waals surface area contributed by atoms with Gasteiger partial charge in [0.2, 0.25) is 0 Å². The second-order valence-corrected chi connectivity index (χ2v) is 11.7. The summed E-state index contributed by atoms with van der Waals surface area (Å²) in [6, 6.07) is 0. The lowest BCUT2D eigenvalue weighted by Crippen LogP contribution is -2.53. The van der Waals surface area contributed by atoms with Crippen LogP contribution < -0.4 is 5.11 Å². The number of carbonyl (C=O) groups is 3. The molecule has 0 fully saturated rings. The van der Waals surface area contributed by atoms with Crippen molar-refractivity contribution in [1.82, 2.24) is 0 Å². The van der Waals surface area contributed by atoms with Gasteiger partial charge in [-0.3, -0.25) is 9.59 Å². The van der Waals surface area contributed by atoms with Gasteiger partial charge in [0.15, 0.2) is 0 Å². The van der Waals surface area contributed by atoms with E-state index < -0.39 is 17.9 Å². The molecule has 0 bridgehead atoms. The summed E-state index contributed by atoms with van der Waals surface area (Å²) in [5.41, 5.74) is 0. The lowest BCUT2D eigenvalue weighted by molar-refractivity contribution is -0.927. The van der Waals surface area contributed by atoms with Crippen LogP contribution in [0, 0.1) is 0 Å². The van der Waals surface area contributed by atoms with Crippen molar-refractivity contribution in [2.45, 2.75) is 155 Å². The van der Waals surface area contributed by atoms with Gasteiger partial charge in [-0.2, -0.15) is 0 Å². The van der Waals surface area contributed by atoms with Crippen LogP contribution in [-0.4, -0.2) is 58.8 Å². The first-order chi connectivity index (χ1) is 19.3. The number of rotatable bonds is 31. The summed E-state index contributed by atoms with van der Waals surface area (Å²) in [6.07, 6.45) is 29.7. The first-order valence-electron chi connectivity index (χ1n) is 16.4. The third-order valence-corrected chi connectivity index (χ3v) is 8.02. The summed E-state index contributed by atoms with van der Waals surface area (Å²) in [6.45, 7) is 3.58. The molecule has 0 aliphatic rings. The van der Waals surface area contributed by atoms with E-state index in [-0.39, 0.29) is 43.4 Å². The molecule has 0 aromatic rings. The molecule has 0 aromatic carbocycles. The SMILES string of the molecule is CCC/C=C/CCCCCCCCCCCCCCCCCCC[N+](CCC(=O)[O-])(CCC(=O)O)CCC(=O)O. The van der Waals surface area contributed by atoms with E-state index in [1.807, 2.05) is 0 Å². The largest absolute Gasteiger partial charge is 0.550 e. The number of hydrogen-bond acceptors (Lipinski definition) is 4. The molecule has 0 rings (SSSR count). The summed E-state index contributed by atoms with van der Waals surface area (Å²) in [5, 5.41) is 29.3. The van der Waals surface area contributed by atoms with Crippen molar-refractivity contribution in [3.05, 3.63) is 12.2 Å². The number of hydrogen-bond donors (Lipinski definition) is 2. The summed E-state index contributed by atoms with van der Waals surface area (Å²) < 4.78 is 0.226. The molecule has 0 atom stereocenters. The van der Waals surface area contributed by atoms with Gasteiger partial charge < -0.3 is 24.6 Å². The molecule has 2 N–H and O–H groups in total. The van der Waals surface area contributed by atoms with E-state index in [1.165, 1.54) is 109 Å². The Labute approximate surface area is 245 Å². The van der Waals surface area contributed by atoms with Gasteiger partial charge in [0.05, 0.1) is 39.0 Å². The summed E-state index contributed by atoms with van der Waals surface area (Å²) >= 11 is 0. The van der Waals surface area contributed by atoms with E-state index in [1.54, 1.807) is 0 Å². The maximum absolute atomic E-state index is 11.1. The van der Waals surface area contributed by atoms with Crippen LogP contribution in [0.3, 0.4) is 0 Å². The highest BCUT2D eigenvalue weighted by Gasteiger charge is 2.28. The molecular weight excluding hydrogens is 506 g/mol. The van der Waals surface area contributed by atoms with Crippen LogP contribution >= 0.6 is 0 Å². The number of carboxylic acids is 3. The van der Waals surface area contributed by atoms with Crippen molar-refractivity contribution in [2.24, 2.45) is 0 Å². The second kappa shape index (κ2) is 27.3. The van der Waals surface area contributed by atoms with Gasteiger partial charge in [-0.05, 0) is 32.1 Å². The quantitative estimate of drug-likeness (QED) is 0.0517. The Hall–Kier alpha value is -1.89. The Kier molecular flexibility index (Phi) is 26.0. The van der Waals surface area contributed by atoms with E-state index in [4.69, 9.17) is 10.2 Å². The molecule has 7 nitrogen and oxygen atoms in total. The van der Waals surface area contributed by atoms with Gasteiger partial charge in [0, 0.05) is 12.4 Å². The Morgan fingerprint density at radius 2 is 0.875 bits per heavy atom. The van der Waals surface area contributed by atoms with E-state index in [0.29, 0.717) is 6.54 Å². The molecule has 0 radical (unpaired) electrons. The third kappa shape index (κ3) is 26.3. The van der Waals surface area contributed by atoms with E-state index in [9.17, 15) is 19.5 Å². The second-order valence-electron chi connectivity index (χ2n) is 11.7. The molecule has 0 aromatic heterocycles. The fourth-order valence-electron chi connectivity index (χ4n) is 5.43. The molecule has 0 heterocycles. The monoisotopic (exact) mass is 567 g/mol. The van der Waals surface area contributed by atoms with Crippen LogP contribution in [0.4, 0.5) is 0 Å². The van der Waals surface area contributed by atoms with Gasteiger partial charge in [-0.1, -0.05) is 115 Å². The Morgan fingerprint density at radius 1 is 0.525 bits per heavy atom. The van der Waals surface area contributed by atoms with Crippen LogP contribution in [0.15, 0.2) is 12.2 Å². The third-order valence-electron chi connectivity index (χ3n) is 8.02. The molecule has 0 aliphatic carbocycles. The van der Waals surface area contributed by atoms with Crippen LogP contribution in [0.1, 0.15) is 155 Å². The van der Waals surface area contributed by atoms with Crippen molar-refractivity contribution >= 4 is 17.9 Å². The molecule has 234 valence electrons. The maximum Gasteiger partial charge on any atom is 0.309 e. The molecule has 0 amide bonds. The highest BCUT2D eigenvalue weighted by molar-refractivity contribution is 5.67. The Morgan fingerprint density at radius 3 is 1.25 bits per heavy atom. The van der Waals surface area contributed by atoms with Crippen LogP contribution in [-0.2, 0) is 14.4 Å². The lowest BCUT2D eigenvalue weighted by atomic mass is 10.0. The zero-order valence-electron chi connectivity index (χ0n) is 25.7. The minimum atomic E-state index is -1.18. The predicted octanol–water partition coefficient (Wildman–Crippen LogP) is 7.27. The lowest BCUT2D eigenvalue weighted by Gasteiger charge is -2.38. The van der Waals surface area contributed by atoms with Crippen molar-refractivity contribution in [1.29, 1.82) is 0 Å². The maximum atomic E-state index is 11.1. The number of carboxylic acid groups (broad SMARTS) is 3. The predicted molar refractivity (Wildman–Crippen MR) is 161 cm³/mol. The molecule has 7 heteroatoms. The average Bonchev–Trinajstić information content (AvgIpc) is 2.92. The van der Waals surface area contributed by atoms with Crippen molar-refractivity contribution in [3.8, 4) is 0 Å². The molecule has 0 spiro atoms. The minimum Gasteiger partial charge on any atom is -0.550 e. The van der Waals surface area contributed by atoms with E-state index in [2.05, 4.69) is 19.1 Å². The van der Waals surface area contributed by atoms with Crippen LogP contribution in [0.25, 0.3) is 0 Å². The van der Waals surface area contributed by atoms with Gasteiger partial charge in [0.1, 0.15) is 0 Å². The Bertz CT molecular complexity index is 618. The topological polar surface area (TPSA) is 115 Å². The van der Waals surface area contributed by atoms with Crippen LogP contribution in [0.2, 0.25) is 0 Å². The van der Waals surface area contributed by atoms with Gasteiger partial charge in [0.25, 0.3) is 0 Å². The molecule has 0 saturated carbocycles. The molecule has 0 unspecified atom stereocenters. The van der Waals surface area contributed by atoms with Gasteiger partial charge in [-0.15, -0.1) is 0 Å². The average molecular weight is 568 g/mol. The number of allylic oxidation sites excluding steroid dienone is 2. The highest BCUT2D eigenvalue weighted by Crippen LogP contribution is 2.17. The van der Waals surface area contributed by atoms with E-state index in [0.717, 1.165) is 19.3 Å². The highest BCUT2D eigenvalue weighted by atomic mass is 16.4. The minimum absolute atomic E-state index is 0.0931. The zero-order chi connectivity index (χ0) is 29.7. The van der Waals surface area contributed by atoms with Crippen molar-refractivity contribution < 1.29 is 34.2 Å². The van der Waals surface area contributed by atoms with Gasteiger partial charge in [-0.25, -0.2) is 0 Å². The number of nitrogens with zero attached hydrogens (tertiary/aromatic N) is 1. The van der Waals surface area contributed by atoms with Crippen LogP contribution in [0.5, 0.6) is 0 Å². The van der Waals surface area contributed by atoms with Crippen molar-refractivity contribution in [2.75, 3.05) is 26.2 Å². The first-order valence-corrected chi connectivity index (χ1v) is 16.4.